The third kappa shape index (κ3) is 5.77. The Bertz CT molecular complexity index is 477. The number of hydrogen-bond donors (Lipinski definition) is 2. The Kier molecular flexibility index (Phi) is 4.84. The van der Waals surface area contributed by atoms with Crippen LogP contribution in [0.5, 0.6) is 0 Å². The van der Waals surface area contributed by atoms with E-state index in [0.29, 0.717) is 17.7 Å². The molecule has 0 unspecified atom stereocenters. The van der Waals surface area contributed by atoms with Crippen LogP contribution in [0.1, 0.15) is 32.2 Å². The lowest BCUT2D eigenvalue weighted by atomic mass is 10.2. The van der Waals surface area contributed by atoms with Gasteiger partial charge in [-0.15, -0.1) is 0 Å². The van der Waals surface area contributed by atoms with Crippen molar-refractivity contribution >= 4 is 18.3 Å². The first kappa shape index (κ1) is 14.6. The summed E-state index contributed by atoms with van der Waals surface area (Å²) in [6.45, 7) is 7.87. The van der Waals surface area contributed by atoms with Gasteiger partial charge < -0.3 is 15.0 Å². The van der Waals surface area contributed by atoms with Crippen LogP contribution in [0.3, 0.4) is 0 Å². The molecule has 0 saturated carbocycles. The van der Waals surface area contributed by atoms with E-state index in [-0.39, 0.29) is 0 Å². The molecule has 5 nitrogen and oxygen atoms in total. The maximum absolute atomic E-state index is 11.4. The molecule has 0 spiro atoms. The molecule has 18 heavy (non-hydrogen) atoms. The molecule has 0 aromatic carbocycles. The molecule has 0 radical (unpaired) electrons. The highest BCUT2D eigenvalue weighted by molar-refractivity contribution is 7.71. The molecule has 100 valence electrons. The summed E-state index contributed by atoms with van der Waals surface area (Å²) in [5.74, 6) is 0. The number of aromatic nitrogens is 2. The van der Waals surface area contributed by atoms with Crippen LogP contribution in [0.15, 0.2) is 6.07 Å². The molecule has 0 aliphatic rings. The summed E-state index contributed by atoms with van der Waals surface area (Å²) in [6.07, 6.45) is 0.207. The van der Waals surface area contributed by atoms with Gasteiger partial charge in [-0.1, -0.05) is 0 Å². The van der Waals surface area contributed by atoms with E-state index in [1.807, 2.05) is 33.8 Å². The second-order valence-electron chi connectivity index (χ2n) is 5.04. The summed E-state index contributed by atoms with van der Waals surface area (Å²) < 4.78 is 5.59. The summed E-state index contributed by atoms with van der Waals surface area (Å²) in [7, 11) is 0. The molecule has 0 bridgehead atoms. The van der Waals surface area contributed by atoms with Crippen molar-refractivity contribution in [1.29, 1.82) is 0 Å². The number of nitrogens with one attached hydrogen (secondary N) is 2. The highest BCUT2D eigenvalue weighted by Crippen LogP contribution is 2.06. The molecule has 1 rings (SSSR count). The van der Waals surface area contributed by atoms with Gasteiger partial charge in [0.25, 0.3) is 0 Å². The number of carbonyl (C=O) groups excluding carboxylic acids is 1. The molecule has 0 atom stereocenters. The van der Waals surface area contributed by atoms with E-state index in [4.69, 9.17) is 17.0 Å². The number of aromatic amines is 1. The van der Waals surface area contributed by atoms with E-state index in [0.717, 1.165) is 11.4 Å². The fraction of sp³-hybridized carbons (Fsp3) is 0.583. The number of alkyl carbamates (subject to hydrolysis) is 1. The first-order valence-electron chi connectivity index (χ1n) is 5.80. The summed E-state index contributed by atoms with van der Waals surface area (Å²) in [6, 6.07) is 1.91. The molecule has 0 aliphatic carbocycles. The van der Waals surface area contributed by atoms with Crippen LogP contribution in [0.25, 0.3) is 0 Å². The summed E-state index contributed by atoms with van der Waals surface area (Å²) in [5, 5.41) is 2.68. The van der Waals surface area contributed by atoms with E-state index >= 15 is 0 Å². The molecular weight excluding hydrogens is 250 g/mol. The van der Waals surface area contributed by atoms with Crippen LogP contribution in [0, 0.1) is 11.7 Å². The third-order valence-corrected chi connectivity index (χ3v) is 2.18. The predicted octanol–water partition coefficient (Wildman–Crippen LogP) is 2.51. The topological polar surface area (TPSA) is 67.0 Å². The van der Waals surface area contributed by atoms with Crippen LogP contribution >= 0.6 is 12.2 Å². The van der Waals surface area contributed by atoms with Crippen molar-refractivity contribution in [1.82, 2.24) is 15.3 Å². The molecule has 1 aromatic rings. The quantitative estimate of drug-likeness (QED) is 0.827. The van der Waals surface area contributed by atoms with Crippen molar-refractivity contribution in [3.05, 3.63) is 22.2 Å². The number of nitrogens with zero attached hydrogens (tertiary/aromatic N) is 1. The van der Waals surface area contributed by atoms with Crippen molar-refractivity contribution in [2.75, 3.05) is 6.54 Å². The Labute approximate surface area is 112 Å². The van der Waals surface area contributed by atoms with Crippen LogP contribution in [0.4, 0.5) is 4.79 Å². The zero-order chi connectivity index (χ0) is 13.8. The van der Waals surface area contributed by atoms with Gasteiger partial charge in [-0.3, -0.25) is 0 Å². The maximum Gasteiger partial charge on any atom is 0.407 e. The number of carbonyl (C=O) groups is 1. The lowest BCUT2D eigenvalue weighted by Gasteiger charge is -2.19. The predicted molar refractivity (Wildman–Crippen MR) is 72.1 cm³/mol. The van der Waals surface area contributed by atoms with Crippen LogP contribution in [-0.2, 0) is 11.2 Å². The Morgan fingerprint density at radius 3 is 2.78 bits per heavy atom. The number of aryl methyl sites for hydroxylation is 1. The Balaban J connectivity index is 2.42. The molecular formula is C12H19N3O2S. The molecule has 1 aromatic heterocycles. The Hall–Kier alpha value is -1.43. The minimum absolute atomic E-state index is 0.416. The van der Waals surface area contributed by atoms with E-state index < -0.39 is 11.7 Å². The highest BCUT2D eigenvalue weighted by atomic mass is 32.1. The van der Waals surface area contributed by atoms with Crippen molar-refractivity contribution in [3.8, 4) is 0 Å². The van der Waals surface area contributed by atoms with Gasteiger partial charge in [0.1, 0.15) is 5.60 Å². The second kappa shape index (κ2) is 5.95. The number of rotatable bonds is 3. The van der Waals surface area contributed by atoms with E-state index in [1.165, 1.54) is 0 Å². The average molecular weight is 269 g/mol. The number of ether oxygens (including phenoxy) is 1. The summed E-state index contributed by atoms with van der Waals surface area (Å²) in [4.78, 5) is 18.5. The largest absolute Gasteiger partial charge is 0.444 e. The molecule has 0 fully saturated rings. The van der Waals surface area contributed by atoms with E-state index in [9.17, 15) is 4.79 Å². The Morgan fingerprint density at radius 2 is 2.22 bits per heavy atom. The van der Waals surface area contributed by atoms with Crippen LogP contribution < -0.4 is 5.32 Å². The van der Waals surface area contributed by atoms with Gasteiger partial charge in [-0.25, -0.2) is 9.78 Å². The average Bonchev–Trinajstić information content (AvgIpc) is 2.12. The van der Waals surface area contributed by atoms with Crippen LogP contribution in [0.2, 0.25) is 0 Å². The minimum atomic E-state index is -0.478. The van der Waals surface area contributed by atoms with E-state index in [1.54, 1.807) is 0 Å². The fourth-order valence-corrected chi connectivity index (χ4v) is 1.66. The lowest BCUT2D eigenvalue weighted by molar-refractivity contribution is 0.0528. The maximum atomic E-state index is 11.4. The number of hydrogen-bond acceptors (Lipinski definition) is 4. The number of H-pyrrole nitrogens is 1. The number of amides is 1. The van der Waals surface area contributed by atoms with Gasteiger partial charge in [-0.2, -0.15) is 0 Å². The standard InChI is InChI=1S/C12H19N3O2S/c1-8-7-9(15-10(18)14-8)5-6-13-11(16)17-12(2,3)4/h7H,5-6H2,1-4H3,(H,13,16)(H,14,15,18). The summed E-state index contributed by atoms with van der Waals surface area (Å²) in [5.41, 5.74) is 1.34. The van der Waals surface area contributed by atoms with Crippen molar-refractivity contribution in [3.63, 3.8) is 0 Å². The molecule has 6 heteroatoms. The molecule has 1 amide bonds. The van der Waals surface area contributed by atoms with Gasteiger partial charge in [0.05, 0.1) is 0 Å². The van der Waals surface area contributed by atoms with Gasteiger partial charge in [0.2, 0.25) is 0 Å². The summed E-state index contributed by atoms with van der Waals surface area (Å²) >= 11 is 4.98. The normalized spacial score (nSPS) is 11.1. The fourth-order valence-electron chi connectivity index (χ4n) is 1.38. The monoisotopic (exact) mass is 269 g/mol. The second-order valence-corrected chi connectivity index (χ2v) is 5.43. The minimum Gasteiger partial charge on any atom is -0.444 e. The molecule has 0 aliphatic heterocycles. The zero-order valence-electron chi connectivity index (χ0n) is 11.2. The Morgan fingerprint density at radius 1 is 1.56 bits per heavy atom. The highest BCUT2D eigenvalue weighted by Gasteiger charge is 2.15. The van der Waals surface area contributed by atoms with Crippen molar-refractivity contribution in [2.45, 2.75) is 39.7 Å². The van der Waals surface area contributed by atoms with Gasteiger partial charge >= 0.3 is 6.09 Å². The molecule has 1 heterocycles. The van der Waals surface area contributed by atoms with Gasteiger partial charge in [-0.05, 0) is 46.0 Å². The van der Waals surface area contributed by atoms with Crippen molar-refractivity contribution in [2.24, 2.45) is 0 Å². The van der Waals surface area contributed by atoms with Gasteiger partial charge in [0, 0.05) is 24.4 Å². The molecule has 0 saturated heterocycles. The van der Waals surface area contributed by atoms with Crippen LogP contribution in [-0.4, -0.2) is 28.2 Å². The third-order valence-electron chi connectivity index (χ3n) is 1.98. The smallest absolute Gasteiger partial charge is 0.407 e. The van der Waals surface area contributed by atoms with Crippen molar-refractivity contribution < 1.29 is 9.53 Å². The SMILES string of the molecule is Cc1cc(CCNC(=O)OC(C)(C)C)nc(=S)[nH]1. The molecule has 2 N–H and O–H groups in total. The lowest BCUT2D eigenvalue weighted by Crippen LogP contribution is -2.33. The first-order valence-corrected chi connectivity index (χ1v) is 6.21. The first-order chi connectivity index (χ1) is 8.26. The van der Waals surface area contributed by atoms with E-state index in [2.05, 4.69) is 15.3 Å². The van der Waals surface area contributed by atoms with Gasteiger partial charge in [0.15, 0.2) is 4.77 Å². The zero-order valence-corrected chi connectivity index (χ0v) is 12.0.